The molecule has 0 saturated heterocycles. The van der Waals surface area contributed by atoms with Crippen molar-refractivity contribution in [2.24, 2.45) is 5.10 Å². The number of rotatable bonds is 7. The summed E-state index contributed by atoms with van der Waals surface area (Å²) >= 11 is 3.29. The standard InChI is InChI=1S/C22H22BrFN4O3S/c1-15-12-17(16(2)28(15)21-7-5-4-6-20(21)24)13-25-26-22(29)14-27(32(3,30)31)19-10-8-18(23)9-11-19/h4-13H,14H2,1-3H3,(H,26,29). The lowest BCUT2D eigenvalue weighted by atomic mass is 10.2. The smallest absolute Gasteiger partial charge is 0.260 e. The number of benzene rings is 2. The molecule has 0 bridgehead atoms. The Morgan fingerprint density at radius 1 is 1.19 bits per heavy atom. The van der Waals surface area contributed by atoms with Crippen LogP contribution in [0.15, 0.2) is 64.2 Å². The van der Waals surface area contributed by atoms with Crippen molar-refractivity contribution >= 4 is 43.8 Å². The van der Waals surface area contributed by atoms with Crippen LogP contribution in [-0.2, 0) is 14.8 Å². The Kier molecular flexibility index (Phi) is 7.15. The Morgan fingerprint density at radius 3 is 2.47 bits per heavy atom. The molecule has 0 atom stereocenters. The Balaban J connectivity index is 1.74. The van der Waals surface area contributed by atoms with Crippen molar-refractivity contribution in [2.75, 3.05) is 17.1 Å². The molecule has 2 aromatic carbocycles. The molecule has 1 aromatic heterocycles. The quantitative estimate of drug-likeness (QED) is 0.378. The molecule has 0 radical (unpaired) electrons. The summed E-state index contributed by atoms with van der Waals surface area (Å²) in [5.41, 5.74) is 5.39. The third-order valence-corrected chi connectivity index (χ3v) is 6.43. The van der Waals surface area contributed by atoms with Crippen LogP contribution in [0.1, 0.15) is 17.0 Å². The van der Waals surface area contributed by atoms with Crippen LogP contribution in [0.5, 0.6) is 0 Å². The van der Waals surface area contributed by atoms with E-state index < -0.39 is 22.5 Å². The van der Waals surface area contributed by atoms with Gasteiger partial charge in [-0.1, -0.05) is 28.1 Å². The van der Waals surface area contributed by atoms with E-state index in [2.05, 4.69) is 26.5 Å². The molecule has 0 aliphatic rings. The molecule has 0 unspecified atom stereocenters. The van der Waals surface area contributed by atoms with Crippen molar-refractivity contribution in [2.45, 2.75) is 13.8 Å². The van der Waals surface area contributed by atoms with Gasteiger partial charge in [0.05, 0.1) is 23.8 Å². The zero-order valence-electron chi connectivity index (χ0n) is 17.7. The van der Waals surface area contributed by atoms with Crippen molar-refractivity contribution in [3.63, 3.8) is 0 Å². The Labute approximate surface area is 194 Å². The van der Waals surface area contributed by atoms with E-state index in [-0.39, 0.29) is 5.82 Å². The fraction of sp³-hybridized carbons (Fsp3) is 0.182. The zero-order chi connectivity index (χ0) is 23.5. The second kappa shape index (κ2) is 9.66. The van der Waals surface area contributed by atoms with Gasteiger partial charge in [0.15, 0.2) is 0 Å². The maximum Gasteiger partial charge on any atom is 0.260 e. The molecular weight excluding hydrogens is 499 g/mol. The summed E-state index contributed by atoms with van der Waals surface area (Å²) in [5, 5.41) is 3.96. The van der Waals surface area contributed by atoms with Gasteiger partial charge in [0.1, 0.15) is 12.4 Å². The van der Waals surface area contributed by atoms with E-state index in [1.54, 1.807) is 47.0 Å². The van der Waals surface area contributed by atoms with Crippen LogP contribution < -0.4 is 9.73 Å². The third-order valence-electron chi connectivity index (χ3n) is 4.76. The number of aryl methyl sites for hydroxylation is 1. The summed E-state index contributed by atoms with van der Waals surface area (Å²) in [7, 11) is -3.68. The average Bonchev–Trinajstić information content (AvgIpc) is 3.00. The molecule has 168 valence electrons. The van der Waals surface area contributed by atoms with Gasteiger partial charge in [-0.15, -0.1) is 0 Å². The van der Waals surface area contributed by atoms with Crippen molar-refractivity contribution in [3.8, 4) is 5.69 Å². The first kappa shape index (κ1) is 23.7. The van der Waals surface area contributed by atoms with Crippen LogP contribution >= 0.6 is 15.9 Å². The fourth-order valence-corrected chi connectivity index (χ4v) is 4.39. The highest BCUT2D eigenvalue weighted by Crippen LogP contribution is 2.22. The first-order valence-corrected chi connectivity index (χ1v) is 12.2. The van der Waals surface area contributed by atoms with Gasteiger partial charge >= 0.3 is 0 Å². The van der Waals surface area contributed by atoms with Crippen molar-refractivity contribution in [3.05, 3.63) is 81.8 Å². The average molecular weight is 521 g/mol. The SMILES string of the molecule is Cc1cc(C=NNC(=O)CN(c2ccc(Br)cc2)S(C)(=O)=O)c(C)n1-c1ccccc1F. The van der Waals surface area contributed by atoms with Crippen LogP contribution in [0.25, 0.3) is 5.69 Å². The molecular formula is C22H22BrFN4O3S. The molecule has 32 heavy (non-hydrogen) atoms. The summed E-state index contributed by atoms with van der Waals surface area (Å²) in [6, 6.07) is 14.8. The largest absolute Gasteiger partial charge is 0.315 e. The number of carbonyl (C=O) groups is 1. The number of amides is 1. The molecule has 0 aliphatic heterocycles. The molecule has 1 amide bonds. The minimum Gasteiger partial charge on any atom is -0.315 e. The Bertz CT molecular complexity index is 1270. The van der Waals surface area contributed by atoms with Crippen LogP contribution in [0.2, 0.25) is 0 Å². The second-order valence-electron chi connectivity index (χ2n) is 7.15. The molecule has 0 saturated carbocycles. The summed E-state index contributed by atoms with van der Waals surface area (Å²) in [6.07, 6.45) is 2.48. The molecule has 0 fully saturated rings. The van der Waals surface area contributed by atoms with E-state index in [4.69, 9.17) is 0 Å². The van der Waals surface area contributed by atoms with Crippen molar-refractivity contribution < 1.29 is 17.6 Å². The van der Waals surface area contributed by atoms with Crippen LogP contribution in [0.3, 0.4) is 0 Å². The predicted molar refractivity (Wildman–Crippen MR) is 127 cm³/mol. The summed E-state index contributed by atoms with van der Waals surface area (Å²) in [5.74, 6) is -0.947. The molecule has 10 heteroatoms. The number of hydrogen-bond donors (Lipinski definition) is 1. The van der Waals surface area contributed by atoms with Crippen LogP contribution in [0, 0.1) is 19.7 Å². The van der Waals surface area contributed by atoms with Crippen molar-refractivity contribution in [1.29, 1.82) is 0 Å². The van der Waals surface area contributed by atoms with Gasteiger partial charge in [-0.25, -0.2) is 18.2 Å². The number of para-hydroxylation sites is 1. The maximum atomic E-state index is 14.2. The van der Waals surface area contributed by atoms with Gasteiger partial charge in [-0.3, -0.25) is 9.10 Å². The number of nitrogens with zero attached hydrogens (tertiary/aromatic N) is 3. The number of halogens is 2. The van der Waals surface area contributed by atoms with Gasteiger partial charge in [0, 0.05) is 21.4 Å². The Morgan fingerprint density at radius 2 is 1.84 bits per heavy atom. The lowest BCUT2D eigenvalue weighted by Gasteiger charge is -2.21. The van der Waals surface area contributed by atoms with E-state index in [9.17, 15) is 17.6 Å². The number of nitrogens with one attached hydrogen (secondary N) is 1. The molecule has 1 N–H and O–H groups in total. The Hall–Kier alpha value is -2.98. The normalized spacial score (nSPS) is 11.7. The number of hydrogen-bond acceptors (Lipinski definition) is 4. The number of carbonyl (C=O) groups excluding carboxylic acids is 1. The third kappa shape index (κ3) is 5.43. The van der Waals surface area contributed by atoms with E-state index in [1.807, 2.05) is 19.9 Å². The number of hydrazone groups is 1. The minimum atomic E-state index is -3.68. The topological polar surface area (TPSA) is 83.8 Å². The molecule has 3 aromatic rings. The van der Waals surface area contributed by atoms with Gasteiger partial charge in [0.25, 0.3) is 5.91 Å². The first-order valence-electron chi connectivity index (χ1n) is 9.57. The van der Waals surface area contributed by atoms with Gasteiger partial charge in [0.2, 0.25) is 10.0 Å². The van der Waals surface area contributed by atoms with Gasteiger partial charge in [-0.05, 0) is 56.3 Å². The summed E-state index contributed by atoms with van der Waals surface area (Å²) < 4.78 is 42.1. The fourth-order valence-electron chi connectivity index (χ4n) is 3.27. The van der Waals surface area contributed by atoms with E-state index in [1.165, 1.54) is 12.3 Å². The van der Waals surface area contributed by atoms with E-state index in [0.717, 1.165) is 26.4 Å². The summed E-state index contributed by atoms with van der Waals surface area (Å²) in [4.78, 5) is 12.4. The zero-order valence-corrected chi connectivity index (χ0v) is 20.1. The molecule has 1 heterocycles. The minimum absolute atomic E-state index is 0.347. The number of aromatic nitrogens is 1. The lowest BCUT2D eigenvalue weighted by molar-refractivity contribution is -0.119. The molecule has 3 rings (SSSR count). The highest BCUT2D eigenvalue weighted by Gasteiger charge is 2.20. The predicted octanol–water partition coefficient (Wildman–Crippen LogP) is 3.91. The van der Waals surface area contributed by atoms with E-state index >= 15 is 0 Å². The second-order valence-corrected chi connectivity index (χ2v) is 9.98. The van der Waals surface area contributed by atoms with Crippen LogP contribution in [-0.4, -0.2) is 37.9 Å². The molecule has 0 spiro atoms. The summed E-state index contributed by atoms with van der Waals surface area (Å²) in [6.45, 7) is 3.24. The highest BCUT2D eigenvalue weighted by atomic mass is 79.9. The van der Waals surface area contributed by atoms with E-state index in [0.29, 0.717) is 16.9 Å². The molecule has 7 nitrogen and oxygen atoms in total. The first-order chi connectivity index (χ1) is 15.1. The van der Waals surface area contributed by atoms with Gasteiger partial charge < -0.3 is 4.57 Å². The van der Waals surface area contributed by atoms with Crippen LogP contribution in [0.4, 0.5) is 10.1 Å². The molecule has 0 aliphatic carbocycles. The highest BCUT2D eigenvalue weighted by molar-refractivity contribution is 9.10. The lowest BCUT2D eigenvalue weighted by Crippen LogP contribution is -2.39. The van der Waals surface area contributed by atoms with Crippen molar-refractivity contribution in [1.82, 2.24) is 9.99 Å². The van der Waals surface area contributed by atoms with Gasteiger partial charge in [-0.2, -0.15) is 5.10 Å². The maximum absolute atomic E-state index is 14.2. The number of sulfonamides is 1. The monoisotopic (exact) mass is 520 g/mol. The number of anilines is 1.